The summed E-state index contributed by atoms with van der Waals surface area (Å²) in [5.74, 6) is 0.893. The number of hydrogen-bond acceptors (Lipinski definition) is 0. The van der Waals surface area contributed by atoms with Crippen LogP contribution in [0.4, 0.5) is 0 Å². The summed E-state index contributed by atoms with van der Waals surface area (Å²) in [5, 5.41) is 0. The predicted octanol–water partition coefficient (Wildman–Crippen LogP) is 3.70. The highest BCUT2D eigenvalue weighted by Crippen LogP contribution is 2.32. The smallest absolute Gasteiger partial charge is 0.0254 e. The molecule has 1 unspecified atom stereocenters. The Balaban J connectivity index is 2.72. The highest BCUT2D eigenvalue weighted by atomic mass is 14.2. The number of rotatable bonds is 0. The van der Waals surface area contributed by atoms with Crippen molar-refractivity contribution >= 4 is 0 Å². The molecule has 0 heteroatoms. The molecular formula is C11H18. The highest BCUT2D eigenvalue weighted by molar-refractivity contribution is 5.32. The Morgan fingerprint density at radius 1 is 1.18 bits per heavy atom. The van der Waals surface area contributed by atoms with E-state index in [1.165, 1.54) is 19.3 Å². The van der Waals surface area contributed by atoms with Crippen LogP contribution >= 0.6 is 0 Å². The van der Waals surface area contributed by atoms with Gasteiger partial charge in [-0.05, 0) is 50.2 Å². The van der Waals surface area contributed by atoms with E-state index in [9.17, 15) is 0 Å². The van der Waals surface area contributed by atoms with Crippen molar-refractivity contribution in [3.63, 3.8) is 0 Å². The van der Waals surface area contributed by atoms with Gasteiger partial charge in [-0.3, -0.25) is 0 Å². The molecule has 0 saturated heterocycles. The molecule has 1 saturated carbocycles. The molecule has 0 amide bonds. The lowest BCUT2D eigenvalue weighted by Crippen LogP contribution is -2.06. The van der Waals surface area contributed by atoms with Crippen molar-refractivity contribution in [1.29, 1.82) is 0 Å². The van der Waals surface area contributed by atoms with Crippen molar-refractivity contribution in [2.24, 2.45) is 5.92 Å². The maximum Gasteiger partial charge on any atom is -0.0254 e. The van der Waals surface area contributed by atoms with Crippen LogP contribution in [0, 0.1) is 5.92 Å². The lowest BCUT2D eigenvalue weighted by Gasteiger charge is -2.23. The molecule has 1 aliphatic rings. The second kappa shape index (κ2) is 3.75. The molecule has 0 aromatic heterocycles. The van der Waals surface area contributed by atoms with Crippen molar-refractivity contribution in [1.82, 2.24) is 0 Å². The van der Waals surface area contributed by atoms with Crippen LogP contribution < -0.4 is 0 Å². The summed E-state index contributed by atoms with van der Waals surface area (Å²) in [4.78, 5) is 0. The summed E-state index contributed by atoms with van der Waals surface area (Å²) in [6, 6.07) is 0. The van der Waals surface area contributed by atoms with Crippen LogP contribution in [0.1, 0.15) is 40.0 Å². The first-order valence-corrected chi connectivity index (χ1v) is 4.58. The molecule has 0 radical (unpaired) electrons. The molecule has 0 aromatic rings. The van der Waals surface area contributed by atoms with E-state index in [2.05, 4.69) is 32.9 Å². The molecule has 0 N–H and O–H groups in total. The van der Waals surface area contributed by atoms with Crippen molar-refractivity contribution in [3.05, 3.63) is 23.3 Å². The first kappa shape index (κ1) is 8.58. The Morgan fingerprint density at radius 3 is 2.36 bits per heavy atom. The Morgan fingerprint density at radius 2 is 1.82 bits per heavy atom. The highest BCUT2D eigenvalue weighted by Gasteiger charge is 2.15. The normalized spacial score (nSPS) is 33.2. The van der Waals surface area contributed by atoms with E-state index in [-0.39, 0.29) is 0 Å². The monoisotopic (exact) mass is 150 g/mol. The zero-order valence-electron chi connectivity index (χ0n) is 7.85. The third kappa shape index (κ3) is 1.95. The fourth-order valence-electron chi connectivity index (χ4n) is 1.80. The van der Waals surface area contributed by atoms with Crippen LogP contribution in [-0.4, -0.2) is 0 Å². The molecule has 11 heavy (non-hydrogen) atoms. The van der Waals surface area contributed by atoms with Crippen LogP contribution in [0.15, 0.2) is 23.3 Å². The third-order valence-electron chi connectivity index (χ3n) is 2.58. The zero-order chi connectivity index (χ0) is 8.27. The van der Waals surface area contributed by atoms with Gasteiger partial charge in [0.25, 0.3) is 0 Å². The second-order valence-electron chi connectivity index (χ2n) is 3.48. The third-order valence-corrected chi connectivity index (χ3v) is 2.58. The van der Waals surface area contributed by atoms with Gasteiger partial charge in [-0.2, -0.15) is 0 Å². The molecule has 0 nitrogen and oxygen atoms in total. The van der Waals surface area contributed by atoms with Crippen molar-refractivity contribution in [3.8, 4) is 0 Å². The maximum absolute atomic E-state index is 2.34. The van der Waals surface area contributed by atoms with E-state index in [1.807, 2.05) is 0 Å². The number of allylic oxidation sites excluding steroid dienone is 4. The Hall–Kier alpha value is -0.520. The van der Waals surface area contributed by atoms with Gasteiger partial charge >= 0.3 is 0 Å². The number of hydrogen-bond donors (Lipinski definition) is 0. The zero-order valence-corrected chi connectivity index (χ0v) is 7.85. The van der Waals surface area contributed by atoms with Gasteiger partial charge in [0.05, 0.1) is 0 Å². The summed E-state index contributed by atoms with van der Waals surface area (Å²) in [6.45, 7) is 6.64. The first-order chi connectivity index (χ1) is 5.27. The SMILES string of the molecule is C/C=C1/CCC(C)C/C1=C/C. The van der Waals surface area contributed by atoms with Crippen molar-refractivity contribution in [2.75, 3.05) is 0 Å². The molecule has 1 fully saturated rings. The Bertz CT molecular complexity index is 184. The summed E-state index contributed by atoms with van der Waals surface area (Å²) in [6.07, 6.45) is 8.48. The molecule has 1 atom stereocenters. The molecular weight excluding hydrogens is 132 g/mol. The molecule has 0 aromatic carbocycles. The van der Waals surface area contributed by atoms with Crippen molar-refractivity contribution in [2.45, 2.75) is 40.0 Å². The van der Waals surface area contributed by atoms with Crippen LogP contribution in [0.3, 0.4) is 0 Å². The van der Waals surface area contributed by atoms with Gasteiger partial charge in [0.2, 0.25) is 0 Å². The summed E-state index contributed by atoms with van der Waals surface area (Å²) in [5.41, 5.74) is 3.15. The van der Waals surface area contributed by atoms with Crippen LogP contribution in [0.2, 0.25) is 0 Å². The van der Waals surface area contributed by atoms with Gasteiger partial charge in [0, 0.05) is 0 Å². The minimum atomic E-state index is 0.893. The molecule has 1 aliphatic carbocycles. The maximum atomic E-state index is 2.34. The lowest BCUT2D eigenvalue weighted by molar-refractivity contribution is 0.497. The average molecular weight is 150 g/mol. The standard InChI is InChI=1S/C11H18/c1-4-10-7-6-9(3)8-11(10)5-2/h4-5,9H,6-8H2,1-3H3/b10-4-,11-5-. The molecule has 0 bridgehead atoms. The van der Waals surface area contributed by atoms with E-state index in [0.29, 0.717) is 0 Å². The molecule has 0 aliphatic heterocycles. The van der Waals surface area contributed by atoms with E-state index in [1.54, 1.807) is 11.1 Å². The first-order valence-electron chi connectivity index (χ1n) is 4.58. The van der Waals surface area contributed by atoms with E-state index in [0.717, 1.165) is 5.92 Å². The Labute approximate surface area is 70.0 Å². The fraction of sp³-hybridized carbons (Fsp3) is 0.636. The summed E-state index contributed by atoms with van der Waals surface area (Å²) >= 11 is 0. The van der Waals surface area contributed by atoms with Gasteiger partial charge in [-0.15, -0.1) is 0 Å². The van der Waals surface area contributed by atoms with Crippen molar-refractivity contribution < 1.29 is 0 Å². The predicted molar refractivity (Wildman–Crippen MR) is 50.5 cm³/mol. The van der Waals surface area contributed by atoms with Gasteiger partial charge in [0.1, 0.15) is 0 Å². The quantitative estimate of drug-likeness (QED) is 0.494. The minimum Gasteiger partial charge on any atom is -0.0842 e. The average Bonchev–Trinajstić information content (AvgIpc) is 2.04. The summed E-state index contributed by atoms with van der Waals surface area (Å²) < 4.78 is 0. The van der Waals surface area contributed by atoms with E-state index in [4.69, 9.17) is 0 Å². The van der Waals surface area contributed by atoms with Gasteiger partial charge in [-0.25, -0.2) is 0 Å². The second-order valence-corrected chi connectivity index (χ2v) is 3.48. The van der Waals surface area contributed by atoms with E-state index >= 15 is 0 Å². The van der Waals surface area contributed by atoms with Crippen LogP contribution in [-0.2, 0) is 0 Å². The van der Waals surface area contributed by atoms with Gasteiger partial charge < -0.3 is 0 Å². The lowest BCUT2D eigenvalue weighted by atomic mass is 9.83. The van der Waals surface area contributed by atoms with Crippen LogP contribution in [0.5, 0.6) is 0 Å². The van der Waals surface area contributed by atoms with Gasteiger partial charge in [-0.1, -0.05) is 19.1 Å². The van der Waals surface area contributed by atoms with Crippen LogP contribution in [0.25, 0.3) is 0 Å². The molecule has 0 spiro atoms. The molecule has 62 valence electrons. The summed E-state index contributed by atoms with van der Waals surface area (Å²) in [7, 11) is 0. The molecule has 1 rings (SSSR count). The Kier molecular flexibility index (Phi) is 2.92. The van der Waals surface area contributed by atoms with E-state index < -0.39 is 0 Å². The topological polar surface area (TPSA) is 0 Å². The minimum absolute atomic E-state index is 0.893. The molecule has 0 heterocycles. The van der Waals surface area contributed by atoms with Gasteiger partial charge in [0.15, 0.2) is 0 Å². The largest absolute Gasteiger partial charge is 0.0842 e. The fourth-order valence-corrected chi connectivity index (χ4v) is 1.80.